The lowest BCUT2D eigenvalue weighted by Gasteiger charge is -2.33. The first kappa shape index (κ1) is 21.6. The van der Waals surface area contributed by atoms with Crippen molar-refractivity contribution < 1.29 is 9.18 Å². The summed E-state index contributed by atoms with van der Waals surface area (Å²) < 4.78 is 15.2. The van der Waals surface area contributed by atoms with Gasteiger partial charge in [-0.3, -0.25) is 4.79 Å². The Bertz CT molecular complexity index is 1290. The van der Waals surface area contributed by atoms with E-state index in [1.807, 2.05) is 19.1 Å². The molecule has 0 spiro atoms. The molecule has 1 aliphatic heterocycles. The molecular formula is C24H25FN6OS. The second-order valence-electron chi connectivity index (χ2n) is 8.62. The number of thiophene rings is 1. The number of amides is 1. The monoisotopic (exact) mass is 464 g/mol. The third kappa shape index (κ3) is 3.90. The molecule has 170 valence electrons. The zero-order chi connectivity index (χ0) is 23.1. The Balaban J connectivity index is 1.39. The lowest BCUT2D eigenvalue weighted by atomic mass is 9.84. The molecule has 5 rings (SSSR count). The molecule has 1 aromatic carbocycles. The number of anilines is 2. The lowest BCUT2D eigenvalue weighted by Crippen LogP contribution is -2.44. The van der Waals surface area contributed by atoms with Crippen LogP contribution in [0.15, 0.2) is 18.2 Å². The van der Waals surface area contributed by atoms with E-state index >= 15 is 4.39 Å². The molecule has 3 heterocycles. The van der Waals surface area contributed by atoms with Gasteiger partial charge in [-0.15, -0.1) is 11.3 Å². The number of hydrogen-bond donors (Lipinski definition) is 3. The Kier molecular flexibility index (Phi) is 5.64. The predicted octanol–water partition coefficient (Wildman–Crippen LogP) is 2.89. The van der Waals surface area contributed by atoms with E-state index in [2.05, 4.69) is 26.6 Å². The minimum Gasteiger partial charge on any atom is -0.397 e. The summed E-state index contributed by atoms with van der Waals surface area (Å²) in [4.78, 5) is 20.7. The third-order valence-corrected chi connectivity index (χ3v) is 7.63. The molecule has 9 heteroatoms. The van der Waals surface area contributed by atoms with Gasteiger partial charge >= 0.3 is 0 Å². The number of nitrogens with one attached hydrogen (secondary N) is 2. The van der Waals surface area contributed by atoms with E-state index < -0.39 is 0 Å². The van der Waals surface area contributed by atoms with E-state index in [1.54, 1.807) is 0 Å². The average Bonchev–Trinajstić information content (AvgIpc) is 3.15. The Labute approximate surface area is 195 Å². The number of nitrogen functional groups attached to an aromatic ring is 1. The number of piperazine rings is 1. The molecule has 1 aliphatic carbocycles. The van der Waals surface area contributed by atoms with Gasteiger partial charge in [-0.2, -0.15) is 5.26 Å². The van der Waals surface area contributed by atoms with Crippen LogP contribution in [-0.2, 0) is 12.8 Å². The van der Waals surface area contributed by atoms with Gasteiger partial charge in [0, 0.05) is 43.3 Å². The molecule has 1 fully saturated rings. The van der Waals surface area contributed by atoms with Gasteiger partial charge in [0.1, 0.15) is 21.6 Å². The summed E-state index contributed by atoms with van der Waals surface area (Å²) in [7, 11) is 0. The third-order valence-electron chi connectivity index (χ3n) is 6.51. The second kappa shape index (κ2) is 8.61. The van der Waals surface area contributed by atoms with E-state index in [4.69, 9.17) is 5.73 Å². The number of pyridine rings is 1. The van der Waals surface area contributed by atoms with Crippen molar-refractivity contribution in [1.82, 2.24) is 15.6 Å². The highest BCUT2D eigenvalue weighted by Gasteiger charge is 2.29. The summed E-state index contributed by atoms with van der Waals surface area (Å²) in [5, 5.41) is 17.0. The average molecular weight is 465 g/mol. The number of aromatic nitrogens is 1. The second-order valence-corrected chi connectivity index (χ2v) is 9.62. The molecule has 33 heavy (non-hydrogen) atoms. The maximum Gasteiger partial charge on any atom is 0.263 e. The topological polar surface area (TPSA) is 107 Å². The number of rotatable bonds is 3. The van der Waals surface area contributed by atoms with E-state index in [0.717, 1.165) is 47.7 Å². The van der Waals surface area contributed by atoms with E-state index in [-0.39, 0.29) is 17.8 Å². The highest BCUT2D eigenvalue weighted by atomic mass is 32.1. The summed E-state index contributed by atoms with van der Waals surface area (Å²) in [6.07, 6.45) is 1.54. The fraction of sp³-hybridized carbons (Fsp3) is 0.375. The van der Waals surface area contributed by atoms with Crippen LogP contribution in [0.25, 0.3) is 10.2 Å². The highest BCUT2D eigenvalue weighted by molar-refractivity contribution is 7.21. The predicted molar refractivity (Wildman–Crippen MR) is 128 cm³/mol. The van der Waals surface area contributed by atoms with Gasteiger partial charge in [-0.05, 0) is 55.5 Å². The number of hydrogen-bond acceptors (Lipinski definition) is 7. The van der Waals surface area contributed by atoms with Gasteiger partial charge in [0.2, 0.25) is 0 Å². The number of carbonyl (C=O) groups is 1. The quantitative estimate of drug-likeness (QED) is 0.550. The van der Waals surface area contributed by atoms with Gasteiger partial charge in [0.15, 0.2) is 0 Å². The molecular weight excluding hydrogens is 439 g/mol. The SMILES string of the molecule is Cc1ccc2c(N)c(C(=O)NC3CCc4c(C#N)c(N5CCNCC5)cc(F)c4C3)sc2n1. The molecule has 2 aromatic heterocycles. The molecule has 3 aromatic rings. The lowest BCUT2D eigenvalue weighted by molar-refractivity contribution is 0.0938. The maximum atomic E-state index is 15.2. The fourth-order valence-electron chi connectivity index (χ4n) is 4.80. The zero-order valence-electron chi connectivity index (χ0n) is 18.4. The molecule has 0 bridgehead atoms. The Hall–Kier alpha value is -3.22. The van der Waals surface area contributed by atoms with Crippen molar-refractivity contribution in [2.75, 3.05) is 36.8 Å². The van der Waals surface area contributed by atoms with Crippen molar-refractivity contribution in [3.8, 4) is 6.07 Å². The van der Waals surface area contributed by atoms with Crippen LogP contribution in [0.5, 0.6) is 0 Å². The highest BCUT2D eigenvalue weighted by Crippen LogP contribution is 2.35. The minimum atomic E-state index is -0.308. The summed E-state index contributed by atoms with van der Waals surface area (Å²) in [6, 6.07) is 7.33. The van der Waals surface area contributed by atoms with Gasteiger partial charge < -0.3 is 21.3 Å². The van der Waals surface area contributed by atoms with Crippen LogP contribution in [0.1, 0.15) is 38.5 Å². The van der Waals surface area contributed by atoms with Crippen molar-refractivity contribution in [2.24, 2.45) is 0 Å². The van der Waals surface area contributed by atoms with Gasteiger partial charge in [0.05, 0.1) is 16.9 Å². The van der Waals surface area contributed by atoms with Gasteiger partial charge in [-0.25, -0.2) is 9.37 Å². The first-order chi connectivity index (χ1) is 16.0. The summed E-state index contributed by atoms with van der Waals surface area (Å²) in [5.41, 5.74) is 10.1. The molecule has 1 amide bonds. The van der Waals surface area contributed by atoms with E-state index in [1.165, 1.54) is 17.4 Å². The van der Waals surface area contributed by atoms with Crippen LogP contribution in [0.2, 0.25) is 0 Å². The number of carbonyl (C=O) groups excluding carboxylic acids is 1. The molecule has 7 nitrogen and oxygen atoms in total. The Morgan fingerprint density at radius 2 is 2.15 bits per heavy atom. The van der Waals surface area contributed by atoms with Crippen LogP contribution in [0.4, 0.5) is 15.8 Å². The van der Waals surface area contributed by atoms with Crippen LogP contribution >= 0.6 is 11.3 Å². The molecule has 0 saturated carbocycles. The first-order valence-electron chi connectivity index (χ1n) is 11.1. The number of halogens is 1. The van der Waals surface area contributed by atoms with Crippen LogP contribution in [-0.4, -0.2) is 43.1 Å². The number of nitriles is 1. The standard InChI is InChI=1S/C24H25FN6OS/c1-13-2-4-16-21(27)22(33-24(16)29-13)23(32)30-14-3-5-15-17(10-14)19(25)11-20(18(15)12-26)31-8-6-28-7-9-31/h2,4,11,14,28H,3,5-10,27H2,1H3,(H,30,32). The molecule has 0 radical (unpaired) electrons. The summed E-state index contributed by atoms with van der Waals surface area (Å²) >= 11 is 1.27. The van der Waals surface area contributed by atoms with E-state index in [0.29, 0.717) is 46.6 Å². The molecule has 2 aliphatic rings. The number of nitrogens with two attached hydrogens (primary N) is 1. The molecule has 1 unspecified atom stereocenters. The maximum absolute atomic E-state index is 15.2. The van der Waals surface area contributed by atoms with Gasteiger partial charge in [0.25, 0.3) is 5.91 Å². The molecule has 4 N–H and O–H groups in total. The minimum absolute atomic E-state index is 0.226. The Morgan fingerprint density at radius 1 is 1.36 bits per heavy atom. The number of aryl methyl sites for hydroxylation is 1. The van der Waals surface area contributed by atoms with Gasteiger partial charge in [-0.1, -0.05) is 0 Å². The number of fused-ring (bicyclic) bond motifs is 2. The van der Waals surface area contributed by atoms with Crippen molar-refractivity contribution in [3.05, 3.63) is 51.3 Å². The zero-order valence-corrected chi connectivity index (χ0v) is 19.2. The van der Waals surface area contributed by atoms with E-state index in [9.17, 15) is 10.1 Å². The summed E-state index contributed by atoms with van der Waals surface area (Å²) in [5.74, 6) is -0.572. The van der Waals surface area contributed by atoms with Crippen LogP contribution in [0.3, 0.4) is 0 Å². The molecule has 1 saturated heterocycles. The number of nitrogens with zero attached hydrogens (tertiary/aromatic N) is 3. The van der Waals surface area contributed by atoms with Crippen molar-refractivity contribution in [1.29, 1.82) is 5.26 Å². The Morgan fingerprint density at radius 3 is 2.91 bits per heavy atom. The summed E-state index contributed by atoms with van der Waals surface area (Å²) in [6.45, 7) is 5.01. The fourth-order valence-corrected chi connectivity index (χ4v) is 5.85. The van der Waals surface area contributed by atoms with Crippen molar-refractivity contribution >= 4 is 38.8 Å². The van der Waals surface area contributed by atoms with Crippen molar-refractivity contribution in [3.63, 3.8) is 0 Å². The smallest absolute Gasteiger partial charge is 0.263 e. The molecule has 1 atom stereocenters. The first-order valence-corrected chi connectivity index (χ1v) is 11.9. The van der Waals surface area contributed by atoms with Crippen molar-refractivity contribution in [2.45, 2.75) is 32.2 Å². The normalized spacial score (nSPS) is 18.1. The number of benzene rings is 1. The van der Waals surface area contributed by atoms with Crippen LogP contribution < -0.4 is 21.3 Å². The van der Waals surface area contributed by atoms with Crippen LogP contribution in [0, 0.1) is 24.1 Å². The largest absolute Gasteiger partial charge is 0.397 e.